The molecular weight excluding hydrogens is 248 g/mol. The van der Waals surface area contributed by atoms with Gasteiger partial charge in [-0.25, -0.2) is 0 Å². The lowest BCUT2D eigenvalue weighted by Crippen LogP contribution is -2.48. The van der Waals surface area contributed by atoms with Crippen LogP contribution in [0.3, 0.4) is 0 Å². The Hall–Kier alpha value is -0.120. The zero-order valence-corrected chi connectivity index (χ0v) is 13.6. The highest BCUT2D eigenvalue weighted by Crippen LogP contribution is 2.34. The van der Waals surface area contributed by atoms with Crippen LogP contribution in [0.5, 0.6) is 0 Å². The summed E-state index contributed by atoms with van der Waals surface area (Å²) in [6.45, 7) is 12.7. The average molecular weight is 282 g/mol. The number of ether oxygens (including phenoxy) is 1. The highest BCUT2D eigenvalue weighted by Gasteiger charge is 2.35. The summed E-state index contributed by atoms with van der Waals surface area (Å²) in [6.07, 6.45) is 7.90. The number of hydrogen-bond donors (Lipinski definition) is 1. The molecule has 2 aliphatic rings. The lowest BCUT2D eigenvalue weighted by atomic mass is 9.79. The van der Waals surface area contributed by atoms with E-state index in [-0.39, 0.29) is 0 Å². The van der Waals surface area contributed by atoms with Crippen LogP contribution in [0.4, 0.5) is 0 Å². The van der Waals surface area contributed by atoms with Gasteiger partial charge in [-0.05, 0) is 62.9 Å². The Labute approximate surface area is 125 Å². The Morgan fingerprint density at radius 2 is 1.90 bits per heavy atom. The minimum absolute atomic E-state index is 0.456. The third-order valence-corrected chi connectivity index (χ3v) is 4.79. The van der Waals surface area contributed by atoms with Gasteiger partial charge >= 0.3 is 0 Å². The summed E-state index contributed by atoms with van der Waals surface area (Å²) in [5.41, 5.74) is 0.456. The lowest BCUT2D eigenvalue weighted by Gasteiger charge is -2.41. The van der Waals surface area contributed by atoms with Crippen LogP contribution in [0.15, 0.2) is 0 Å². The lowest BCUT2D eigenvalue weighted by molar-refractivity contribution is -0.00502. The van der Waals surface area contributed by atoms with Crippen LogP contribution in [-0.2, 0) is 4.74 Å². The quantitative estimate of drug-likeness (QED) is 0.624. The molecule has 2 rings (SSSR count). The molecule has 0 aromatic rings. The standard InChI is InChI=1S/C17H34N2O/c1-3-9-18-14-17(7-11-20-12-8-17)15-19(10-4-2)13-16-5-6-16/h16,18H,3-15H2,1-2H3. The third-order valence-electron chi connectivity index (χ3n) is 4.79. The maximum atomic E-state index is 5.62. The summed E-state index contributed by atoms with van der Waals surface area (Å²) in [6, 6.07) is 0. The van der Waals surface area contributed by atoms with Crippen LogP contribution in [0.2, 0.25) is 0 Å². The monoisotopic (exact) mass is 282 g/mol. The fourth-order valence-electron chi connectivity index (χ4n) is 3.42. The van der Waals surface area contributed by atoms with E-state index in [0.717, 1.165) is 25.7 Å². The van der Waals surface area contributed by atoms with Crippen molar-refractivity contribution in [3.63, 3.8) is 0 Å². The second-order valence-corrected chi connectivity index (χ2v) is 6.97. The van der Waals surface area contributed by atoms with Crippen LogP contribution in [-0.4, -0.2) is 50.8 Å². The smallest absolute Gasteiger partial charge is 0.0472 e. The molecule has 0 aromatic carbocycles. The van der Waals surface area contributed by atoms with Crippen molar-refractivity contribution in [3.05, 3.63) is 0 Å². The minimum Gasteiger partial charge on any atom is -0.381 e. The highest BCUT2D eigenvalue weighted by molar-refractivity contribution is 4.89. The molecule has 0 amide bonds. The van der Waals surface area contributed by atoms with Gasteiger partial charge in [0.1, 0.15) is 0 Å². The molecule has 3 nitrogen and oxygen atoms in total. The van der Waals surface area contributed by atoms with Crippen LogP contribution < -0.4 is 5.32 Å². The molecule has 2 fully saturated rings. The molecule has 1 saturated carbocycles. The topological polar surface area (TPSA) is 24.5 Å². The van der Waals surface area contributed by atoms with Crippen LogP contribution in [0, 0.1) is 11.3 Å². The maximum Gasteiger partial charge on any atom is 0.0472 e. The molecular formula is C17H34N2O. The van der Waals surface area contributed by atoms with Gasteiger partial charge in [0.25, 0.3) is 0 Å². The van der Waals surface area contributed by atoms with Gasteiger partial charge in [-0.2, -0.15) is 0 Å². The highest BCUT2D eigenvalue weighted by atomic mass is 16.5. The molecule has 0 spiro atoms. The average Bonchev–Trinajstić information content (AvgIpc) is 3.24. The number of nitrogens with zero attached hydrogens (tertiary/aromatic N) is 1. The first kappa shape index (κ1) is 16.3. The van der Waals surface area contributed by atoms with Gasteiger partial charge in [0.05, 0.1) is 0 Å². The largest absolute Gasteiger partial charge is 0.381 e. The predicted octanol–water partition coefficient (Wildman–Crippen LogP) is 2.90. The van der Waals surface area contributed by atoms with Gasteiger partial charge < -0.3 is 15.0 Å². The Bertz CT molecular complexity index is 260. The van der Waals surface area contributed by atoms with E-state index in [9.17, 15) is 0 Å². The first-order valence-corrected chi connectivity index (χ1v) is 8.79. The molecule has 0 unspecified atom stereocenters. The van der Waals surface area contributed by atoms with Crippen molar-refractivity contribution in [1.29, 1.82) is 0 Å². The fourth-order valence-corrected chi connectivity index (χ4v) is 3.42. The molecule has 0 bridgehead atoms. The minimum atomic E-state index is 0.456. The maximum absolute atomic E-state index is 5.62. The van der Waals surface area contributed by atoms with E-state index in [1.165, 1.54) is 64.7 Å². The van der Waals surface area contributed by atoms with Crippen molar-refractivity contribution < 1.29 is 4.74 Å². The van der Waals surface area contributed by atoms with Crippen LogP contribution in [0.25, 0.3) is 0 Å². The van der Waals surface area contributed by atoms with Gasteiger partial charge in [0, 0.05) is 32.8 Å². The Morgan fingerprint density at radius 1 is 1.15 bits per heavy atom. The zero-order valence-electron chi connectivity index (χ0n) is 13.6. The summed E-state index contributed by atoms with van der Waals surface area (Å²) in [5.74, 6) is 1.00. The zero-order chi connectivity index (χ0) is 14.3. The molecule has 0 atom stereocenters. The Morgan fingerprint density at radius 3 is 2.50 bits per heavy atom. The molecule has 0 aromatic heterocycles. The number of hydrogen-bond acceptors (Lipinski definition) is 3. The number of rotatable bonds is 10. The van der Waals surface area contributed by atoms with Gasteiger partial charge in [-0.3, -0.25) is 0 Å². The molecule has 1 N–H and O–H groups in total. The van der Waals surface area contributed by atoms with Gasteiger partial charge in [0.15, 0.2) is 0 Å². The SMILES string of the molecule is CCCNCC1(CN(CCC)CC2CC2)CCOCC1. The van der Waals surface area contributed by atoms with E-state index >= 15 is 0 Å². The van der Waals surface area contributed by atoms with E-state index in [4.69, 9.17) is 4.74 Å². The van der Waals surface area contributed by atoms with Crippen molar-refractivity contribution in [1.82, 2.24) is 10.2 Å². The summed E-state index contributed by atoms with van der Waals surface area (Å²) in [7, 11) is 0. The molecule has 1 aliphatic heterocycles. The van der Waals surface area contributed by atoms with E-state index in [0.29, 0.717) is 5.41 Å². The first-order valence-electron chi connectivity index (χ1n) is 8.79. The van der Waals surface area contributed by atoms with Crippen LogP contribution >= 0.6 is 0 Å². The van der Waals surface area contributed by atoms with Gasteiger partial charge in [-0.15, -0.1) is 0 Å². The summed E-state index contributed by atoms with van der Waals surface area (Å²) < 4.78 is 5.62. The van der Waals surface area contributed by atoms with Crippen molar-refractivity contribution in [3.8, 4) is 0 Å². The van der Waals surface area contributed by atoms with Crippen LogP contribution in [0.1, 0.15) is 52.4 Å². The van der Waals surface area contributed by atoms with Crippen molar-refractivity contribution in [2.75, 3.05) is 45.9 Å². The van der Waals surface area contributed by atoms with E-state index in [2.05, 4.69) is 24.1 Å². The molecule has 3 heteroatoms. The summed E-state index contributed by atoms with van der Waals surface area (Å²) >= 11 is 0. The molecule has 1 saturated heterocycles. The molecule has 20 heavy (non-hydrogen) atoms. The summed E-state index contributed by atoms with van der Waals surface area (Å²) in [4.78, 5) is 2.75. The van der Waals surface area contributed by atoms with Gasteiger partial charge in [-0.1, -0.05) is 13.8 Å². The normalized spacial score (nSPS) is 22.4. The Balaban J connectivity index is 1.88. The fraction of sp³-hybridized carbons (Fsp3) is 1.00. The van der Waals surface area contributed by atoms with Crippen molar-refractivity contribution in [2.45, 2.75) is 52.4 Å². The molecule has 1 aliphatic carbocycles. The second kappa shape index (κ2) is 8.35. The van der Waals surface area contributed by atoms with E-state index in [1.807, 2.05) is 0 Å². The summed E-state index contributed by atoms with van der Waals surface area (Å²) in [5, 5.41) is 3.68. The van der Waals surface area contributed by atoms with Crippen molar-refractivity contribution >= 4 is 0 Å². The molecule has 1 heterocycles. The second-order valence-electron chi connectivity index (χ2n) is 6.97. The third kappa shape index (κ3) is 5.34. The molecule has 118 valence electrons. The van der Waals surface area contributed by atoms with E-state index < -0.39 is 0 Å². The first-order chi connectivity index (χ1) is 9.78. The number of nitrogens with one attached hydrogen (secondary N) is 1. The van der Waals surface area contributed by atoms with Crippen molar-refractivity contribution in [2.24, 2.45) is 11.3 Å². The van der Waals surface area contributed by atoms with E-state index in [1.54, 1.807) is 0 Å². The molecule has 0 radical (unpaired) electrons. The predicted molar refractivity (Wildman–Crippen MR) is 85.1 cm³/mol. The van der Waals surface area contributed by atoms with Gasteiger partial charge in [0.2, 0.25) is 0 Å². The Kier molecular flexibility index (Phi) is 6.79.